The molecule has 5 nitrogen and oxygen atoms in total. The number of nitrogens with one attached hydrogen (secondary N) is 1. The summed E-state index contributed by atoms with van der Waals surface area (Å²) in [7, 11) is 2.16. The predicted octanol–water partition coefficient (Wildman–Crippen LogP) is 3.41. The average Bonchev–Trinajstić information content (AvgIpc) is 2.62. The second kappa shape index (κ2) is 7.83. The van der Waals surface area contributed by atoms with E-state index in [-0.39, 0.29) is 0 Å². The normalized spacial score (nSPS) is 15.4. The standard InChI is InChI=1S/C20H29N5/c1-5-16-8-7-9-17(6-2)19(16)22-18-14-15(3)21-20(23-18)25-12-10-24(4)11-13-25/h7-9,14H,5-6,10-13H2,1-4H3,(H,21,22,23). The van der Waals surface area contributed by atoms with Crippen LogP contribution in [0.1, 0.15) is 30.7 Å². The molecule has 0 radical (unpaired) electrons. The first-order chi connectivity index (χ1) is 12.1. The Kier molecular flexibility index (Phi) is 5.53. The number of hydrogen-bond donors (Lipinski definition) is 1. The van der Waals surface area contributed by atoms with Gasteiger partial charge in [-0.15, -0.1) is 0 Å². The van der Waals surface area contributed by atoms with Gasteiger partial charge in [0, 0.05) is 43.6 Å². The number of hydrogen-bond acceptors (Lipinski definition) is 5. The quantitative estimate of drug-likeness (QED) is 0.904. The summed E-state index contributed by atoms with van der Waals surface area (Å²) in [4.78, 5) is 14.1. The molecule has 3 rings (SSSR count). The summed E-state index contributed by atoms with van der Waals surface area (Å²) >= 11 is 0. The molecule has 0 unspecified atom stereocenters. The number of rotatable bonds is 5. The van der Waals surface area contributed by atoms with E-state index in [9.17, 15) is 0 Å². The Balaban J connectivity index is 1.89. The number of aryl methyl sites for hydroxylation is 3. The summed E-state index contributed by atoms with van der Waals surface area (Å²) in [6.45, 7) is 10.5. The molecular weight excluding hydrogens is 310 g/mol. The maximum Gasteiger partial charge on any atom is 0.227 e. The monoisotopic (exact) mass is 339 g/mol. The molecule has 1 aromatic carbocycles. The van der Waals surface area contributed by atoms with Gasteiger partial charge in [0.2, 0.25) is 5.95 Å². The van der Waals surface area contributed by atoms with E-state index in [0.717, 1.165) is 56.5 Å². The van der Waals surface area contributed by atoms with Gasteiger partial charge in [-0.25, -0.2) is 4.98 Å². The van der Waals surface area contributed by atoms with E-state index < -0.39 is 0 Å². The van der Waals surface area contributed by atoms with Crippen molar-refractivity contribution in [3.05, 3.63) is 41.1 Å². The Hall–Kier alpha value is -2.14. The van der Waals surface area contributed by atoms with Gasteiger partial charge in [-0.2, -0.15) is 4.98 Å². The summed E-state index contributed by atoms with van der Waals surface area (Å²) in [6, 6.07) is 8.56. The van der Waals surface area contributed by atoms with Gasteiger partial charge in [0.25, 0.3) is 0 Å². The number of nitrogens with zero attached hydrogens (tertiary/aromatic N) is 4. The molecule has 0 amide bonds. The fraction of sp³-hybridized carbons (Fsp3) is 0.500. The Morgan fingerprint density at radius 2 is 1.64 bits per heavy atom. The van der Waals surface area contributed by atoms with E-state index in [1.54, 1.807) is 0 Å². The highest BCUT2D eigenvalue weighted by Gasteiger charge is 2.18. The van der Waals surface area contributed by atoms with Crippen LogP contribution >= 0.6 is 0 Å². The average molecular weight is 339 g/mol. The van der Waals surface area contributed by atoms with Crippen LogP contribution in [0.15, 0.2) is 24.3 Å². The molecule has 0 saturated carbocycles. The van der Waals surface area contributed by atoms with Crippen molar-refractivity contribution in [2.24, 2.45) is 0 Å². The minimum atomic E-state index is 0.836. The number of para-hydroxylation sites is 1. The molecule has 1 N–H and O–H groups in total. The highest BCUT2D eigenvalue weighted by Crippen LogP contribution is 2.27. The lowest BCUT2D eigenvalue weighted by molar-refractivity contribution is 0.311. The highest BCUT2D eigenvalue weighted by molar-refractivity contribution is 5.66. The molecule has 2 aromatic rings. The smallest absolute Gasteiger partial charge is 0.227 e. The minimum Gasteiger partial charge on any atom is -0.340 e. The SMILES string of the molecule is CCc1cccc(CC)c1Nc1cc(C)nc(N2CCN(C)CC2)n1. The molecule has 1 aromatic heterocycles. The van der Waals surface area contributed by atoms with Crippen LogP contribution in [-0.4, -0.2) is 48.1 Å². The van der Waals surface area contributed by atoms with Gasteiger partial charge < -0.3 is 15.1 Å². The molecular formula is C20H29N5. The van der Waals surface area contributed by atoms with Gasteiger partial charge in [-0.3, -0.25) is 0 Å². The molecule has 1 aliphatic heterocycles. The van der Waals surface area contributed by atoms with Crippen molar-refractivity contribution in [3.63, 3.8) is 0 Å². The van der Waals surface area contributed by atoms with E-state index in [1.165, 1.54) is 16.8 Å². The second-order valence-corrected chi connectivity index (χ2v) is 6.77. The van der Waals surface area contributed by atoms with Crippen LogP contribution in [0.2, 0.25) is 0 Å². The van der Waals surface area contributed by atoms with Crippen molar-refractivity contribution in [1.82, 2.24) is 14.9 Å². The van der Waals surface area contributed by atoms with Crippen molar-refractivity contribution in [1.29, 1.82) is 0 Å². The zero-order valence-electron chi connectivity index (χ0n) is 15.8. The summed E-state index contributed by atoms with van der Waals surface area (Å²) in [5.41, 5.74) is 4.86. The largest absolute Gasteiger partial charge is 0.340 e. The van der Waals surface area contributed by atoms with Crippen molar-refractivity contribution < 1.29 is 0 Å². The van der Waals surface area contributed by atoms with Gasteiger partial charge in [0.05, 0.1) is 0 Å². The van der Waals surface area contributed by atoms with E-state index in [0.29, 0.717) is 0 Å². The minimum absolute atomic E-state index is 0.836. The van der Waals surface area contributed by atoms with Crippen molar-refractivity contribution in [2.45, 2.75) is 33.6 Å². The van der Waals surface area contributed by atoms with Crippen molar-refractivity contribution in [2.75, 3.05) is 43.4 Å². The molecule has 0 spiro atoms. The summed E-state index contributed by atoms with van der Waals surface area (Å²) in [6.07, 6.45) is 2.01. The molecule has 25 heavy (non-hydrogen) atoms. The van der Waals surface area contributed by atoms with Gasteiger partial charge in [-0.1, -0.05) is 32.0 Å². The first-order valence-electron chi connectivity index (χ1n) is 9.27. The first-order valence-corrected chi connectivity index (χ1v) is 9.27. The summed E-state index contributed by atoms with van der Waals surface area (Å²) in [5.74, 6) is 1.72. The molecule has 0 aliphatic carbocycles. The third kappa shape index (κ3) is 4.10. The molecule has 1 saturated heterocycles. The lowest BCUT2D eigenvalue weighted by Crippen LogP contribution is -2.45. The Bertz CT molecular complexity index is 698. The van der Waals surface area contributed by atoms with Crippen LogP contribution in [0.3, 0.4) is 0 Å². The van der Waals surface area contributed by atoms with Crippen LogP contribution in [0, 0.1) is 6.92 Å². The van der Waals surface area contributed by atoms with Gasteiger partial charge in [-0.05, 0) is 37.9 Å². The fourth-order valence-corrected chi connectivity index (χ4v) is 3.30. The zero-order valence-corrected chi connectivity index (χ0v) is 15.8. The maximum absolute atomic E-state index is 4.81. The van der Waals surface area contributed by atoms with E-state index >= 15 is 0 Å². The molecule has 5 heteroatoms. The molecule has 0 bridgehead atoms. The number of benzene rings is 1. The Morgan fingerprint density at radius 3 is 2.24 bits per heavy atom. The zero-order chi connectivity index (χ0) is 17.8. The van der Waals surface area contributed by atoms with Crippen LogP contribution in [0.4, 0.5) is 17.5 Å². The van der Waals surface area contributed by atoms with Crippen LogP contribution < -0.4 is 10.2 Å². The number of piperazine rings is 1. The van der Waals surface area contributed by atoms with E-state index in [4.69, 9.17) is 4.98 Å². The fourth-order valence-electron chi connectivity index (χ4n) is 3.30. The second-order valence-electron chi connectivity index (χ2n) is 6.77. The molecule has 134 valence electrons. The lowest BCUT2D eigenvalue weighted by atomic mass is 10.0. The Labute approximate surface area is 151 Å². The lowest BCUT2D eigenvalue weighted by Gasteiger charge is -2.32. The first kappa shape index (κ1) is 17.7. The highest BCUT2D eigenvalue weighted by atomic mass is 15.3. The third-order valence-electron chi connectivity index (χ3n) is 4.88. The maximum atomic E-state index is 4.81. The summed E-state index contributed by atoms with van der Waals surface area (Å²) in [5, 5.41) is 3.58. The van der Waals surface area contributed by atoms with Gasteiger partial charge >= 0.3 is 0 Å². The van der Waals surface area contributed by atoms with Crippen LogP contribution in [0.25, 0.3) is 0 Å². The van der Waals surface area contributed by atoms with Crippen molar-refractivity contribution in [3.8, 4) is 0 Å². The third-order valence-corrected chi connectivity index (χ3v) is 4.88. The summed E-state index contributed by atoms with van der Waals surface area (Å²) < 4.78 is 0. The van der Waals surface area contributed by atoms with Gasteiger partial charge in [0.1, 0.15) is 5.82 Å². The van der Waals surface area contributed by atoms with E-state index in [1.807, 2.05) is 13.0 Å². The van der Waals surface area contributed by atoms with Crippen LogP contribution in [-0.2, 0) is 12.8 Å². The molecule has 1 aliphatic rings. The molecule has 1 fully saturated rings. The van der Waals surface area contributed by atoms with Crippen LogP contribution in [0.5, 0.6) is 0 Å². The van der Waals surface area contributed by atoms with Crippen molar-refractivity contribution >= 4 is 17.5 Å². The number of likely N-dealkylation sites (N-methyl/N-ethyl adjacent to an activating group) is 1. The topological polar surface area (TPSA) is 44.3 Å². The molecule has 0 atom stereocenters. The molecule has 2 heterocycles. The Morgan fingerprint density at radius 1 is 1.00 bits per heavy atom. The predicted molar refractivity (Wildman–Crippen MR) is 105 cm³/mol. The van der Waals surface area contributed by atoms with E-state index in [2.05, 4.69) is 59.2 Å². The number of aromatic nitrogens is 2. The van der Waals surface area contributed by atoms with Gasteiger partial charge in [0.15, 0.2) is 0 Å². The number of anilines is 3.